The maximum atomic E-state index is 13.2. The van der Waals surface area contributed by atoms with E-state index in [-0.39, 0.29) is 11.9 Å². The molecule has 0 spiro atoms. The Morgan fingerprint density at radius 2 is 2.03 bits per heavy atom. The predicted octanol–water partition coefficient (Wildman–Crippen LogP) is 4.95. The minimum Gasteiger partial charge on any atom is -0.349 e. The average Bonchev–Trinajstić information content (AvgIpc) is 3.56. The Bertz CT molecular complexity index is 1190. The van der Waals surface area contributed by atoms with Gasteiger partial charge in [0, 0.05) is 35.4 Å². The van der Waals surface area contributed by atoms with Crippen LogP contribution in [0.15, 0.2) is 35.7 Å². The maximum Gasteiger partial charge on any atom is 0.251 e. The first-order valence-corrected chi connectivity index (χ1v) is 12.9. The van der Waals surface area contributed by atoms with Crippen molar-refractivity contribution in [2.75, 3.05) is 0 Å². The number of nitrogens with one attached hydrogen (secondary N) is 2. The van der Waals surface area contributed by atoms with Crippen LogP contribution in [0.3, 0.4) is 0 Å². The number of tetrazole rings is 1. The third-order valence-corrected chi connectivity index (χ3v) is 7.03. The zero-order valence-electron chi connectivity index (χ0n) is 20.3. The molecule has 1 atom stereocenters. The molecule has 8 nitrogen and oxygen atoms in total. The fourth-order valence-corrected chi connectivity index (χ4v) is 5.27. The Balaban J connectivity index is 1.62. The van der Waals surface area contributed by atoms with Gasteiger partial charge in [0.1, 0.15) is 5.82 Å². The van der Waals surface area contributed by atoms with E-state index in [0.29, 0.717) is 29.8 Å². The molecule has 1 aromatic carbocycles. The van der Waals surface area contributed by atoms with Gasteiger partial charge in [-0.2, -0.15) is 5.21 Å². The molecule has 180 valence electrons. The fraction of sp³-hybridized carbons (Fsp3) is 0.480. The van der Waals surface area contributed by atoms with Crippen LogP contribution >= 0.6 is 11.3 Å². The number of fused-ring (bicyclic) bond motifs is 1. The van der Waals surface area contributed by atoms with Crippen molar-refractivity contribution in [2.45, 2.75) is 71.9 Å². The molecule has 3 heterocycles. The second-order valence-electron chi connectivity index (χ2n) is 9.16. The number of aromatic nitrogens is 6. The van der Waals surface area contributed by atoms with Gasteiger partial charge in [0.25, 0.3) is 5.91 Å². The number of H-pyrrole nitrogens is 1. The maximum absolute atomic E-state index is 13.2. The molecule has 0 saturated heterocycles. The van der Waals surface area contributed by atoms with Crippen molar-refractivity contribution in [1.29, 1.82) is 0 Å². The van der Waals surface area contributed by atoms with E-state index in [4.69, 9.17) is 4.98 Å². The van der Waals surface area contributed by atoms with Gasteiger partial charge in [-0.1, -0.05) is 39.0 Å². The van der Waals surface area contributed by atoms with Gasteiger partial charge in [0.15, 0.2) is 5.82 Å². The van der Waals surface area contributed by atoms with Crippen LogP contribution in [0.25, 0.3) is 11.0 Å². The summed E-state index contributed by atoms with van der Waals surface area (Å²) in [6, 6.07) is 10.4. The summed E-state index contributed by atoms with van der Waals surface area (Å²) < 4.78 is 2.37. The van der Waals surface area contributed by atoms with Crippen LogP contribution in [0, 0.1) is 5.92 Å². The van der Waals surface area contributed by atoms with Gasteiger partial charge >= 0.3 is 0 Å². The predicted molar refractivity (Wildman–Crippen MR) is 135 cm³/mol. The van der Waals surface area contributed by atoms with Crippen molar-refractivity contribution >= 4 is 28.3 Å². The van der Waals surface area contributed by atoms with Crippen LogP contribution in [0.1, 0.15) is 79.9 Å². The smallest absolute Gasteiger partial charge is 0.251 e. The summed E-state index contributed by atoms with van der Waals surface area (Å²) in [5.74, 6) is 1.98. The zero-order chi connectivity index (χ0) is 24.1. The van der Waals surface area contributed by atoms with Gasteiger partial charge in [-0.25, -0.2) is 4.98 Å². The van der Waals surface area contributed by atoms with Gasteiger partial charge < -0.3 is 9.88 Å². The van der Waals surface area contributed by atoms with E-state index < -0.39 is 0 Å². The minimum absolute atomic E-state index is 0.0719. The number of hydrogen-bond acceptors (Lipinski definition) is 6. The van der Waals surface area contributed by atoms with Gasteiger partial charge in [0.2, 0.25) is 0 Å². The van der Waals surface area contributed by atoms with Crippen molar-refractivity contribution in [3.63, 3.8) is 0 Å². The van der Waals surface area contributed by atoms with Crippen molar-refractivity contribution in [1.82, 2.24) is 35.5 Å². The van der Waals surface area contributed by atoms with E-state index in [1.165, 1.54) is 4.88 Å². The van der Waals surface area contributed by atoms with Crippen molar-refractivity contribution < 1.29 is 4.79 Å². The second kappa shape index (κ2) is 10.9. The Morgan fingerprint density at radius 1 is 1.21 bits per heavy atom. The van der Waals surface area contributed by atoms with Gasteiger partial charge in [0.05, 0.1) is 11.0 Å². The van der Waals surface area contributed by atoms with Crippen molar-refractivity contribution in [2.24, 2.45) is 5.92 Å². The first-order valence-electron chi connectivity index (χ1n) is 12.0. The standard InChI is InChI=1S/C25H33N7OS/c1-5-19(6-2)32-22-10-9-17(13-21(22)27-24(32)15-20-8-7-11-34-20)25(33)26-18(12-16(3)4)14-23-28-30-31-29-23/h7-11,13,16,18-19H,5-6,12,14-15H2,1-4H3,(H,26,33)(H,28,29,30,31). The van der Waals surface area contributed by atoms with Crippen LogP contribution in [-0.4, -0.2) is 42.1 Å². The number of hydrogen-bond donors (Lipinski definition) is 2. The van der Waals surface area contributed by atoms with Crippen LogP contribution in [0.5, 0.6) is 0 Å². The molecule has 0 radical (unpaired) electrons. The number of imidazole rings is 1. The minimum atomic E-state index is -0.104. The second-order valence-corrected chi connectivity index (χ2v) is 10.2. The van der Waals surface area contributed by atoms with Crippen LogP contribution in [0.4, 0.5) is 0 Å². The van der Waals surface area contributed by atoms with Crippen LogP contribution in [-0.2, 0) is 12.8 Å². The number of benzene rings is 1. The molecule has 0 bridgehead atoms. The Kier molecular flexibility index (Phi) is 7.72. The molecule has 3 aromatic heterocycles. The topological polar surface area (TPSA) is 101 Å². The number of rotatable bonds is 11. The highest BCUT2D eigenvalue weighted by molar-refractivity contribution is 7.09. The van der Waals surface area contributed by atoms with E-state index in [1.807, 2.05) is 18.2 Å². The quantitative estimate of drug-likeness (QED) is 0.317. The lowest BCUT2D eigenvalue weighted by molar-refractivity contribution is 0.0932. The first-order chi connectivity index (χ1) is 16.5. The normalized spacial score (nSPS) is 12.6. The lowest BCUT2D eigenvalue weighted by atomic mass is 10.0. The number of aromatic amines is 1. The lowest BCUT2D eigenvalue weighted by Gasteiger charge is -2.20. The number of nitrogens with zero attached hydrogens (tertiary/aromatic N) is 5. The van der Waals surface area contributed by atoms with Crippen molar-refractivity contribution in [3.8, 4) is 0 Å². The van der Waals surface area contributed by atoms with E-state index in [9.17, 15) is 4.79 Å². The largest absolute Gasteiger partial charge is 0.349 e. The summed E-state index contributed by atoms with van der Waals surface area (Å²) in [6.07, 6.45) is 4.24. The van der Waals surface area contributed by atoms with Gasteiger partial charge in [-0.05, 0) is 54.8 Å². The first kappa shape index (κ1) is 24.1. The summed E-state index contributed by atoms with van der Waals surface area (Å²) in [5.41, 5.74) is 2.57. The molecule has 0 fully saturated rings. The van der Waals surface area contributed by atoms with Crippen LogP contribution < -0.4 is 5.32 Å². The van der Waals surface area contributed by atoms with Crippen molar-refractivity contribution in [3.05, 3.63) is 57.8 Å². The lowest BCUT2D eigenvalue weighted by Crippen LogP contribution is -2.37. The molecule has 4 aromatic rings. The monoisotopic (exact) mass is 479 g/mol. The molecule has 34 heavy (non-hydrogen) atoms. The highest BCUT2D eigenvalue weighted by Crippen LogP contribution is 2.28. The third-order valence-electron chi connectivity index (χ3n) is 6.15. The number of thiophene rings is 1. The van der Waals surface area contributed by atoms with E-state index in [0.717, 1.165) is 42.5 Å². The molecule has 2 N–H and O–H groups in total. The Hall–Kier alpha value is -3.07. The van der Waals surface area contributed by atoms with Crippen LogP contribution in [0.2, 0.25) is 0 Å². The fourth-order valence-electron chi connectivity index (χ4n) is 4.57. The van der Waals surface area contributed by atoms with E-state index >= 15 is 0 Å². The molecule has 0 saturated carbocycles. The average molecular weight is 480 g/mol. The number of carbonyl (C=O) groups excluding carboxylic acids is 1. The molecule has 4 rings (SSSR count). The molecule has 1 amide bonds. The van der Waals surface area contributed by atoms with E-state index in [1.54, 1.807) is 11.3 Å². The SMILES string of the molecule is CCC(CC)n1c(Cc2cccs2)nc2cc(C(=O)NC(Cc3nn[nH]n3)CC(C)C)ccc21. The molecule has 0 aliphatic carbocycles. The zero-order valence-corrected chi connectivity index (χ0v) is 21.1. The third kappa shape index (κ3) is 5.52. The summed E-state index contributed by atoms with van der Waals surface area (Å²) >= 11 is 1.75. The highest BCUT2D eigenvalue weighted by atomic mass is 32.1. The molecule has 0 aliphatic heterocycles. The molecule has 9 heteroatoms. The number of carbonyl (C=O) groups is 1. The summed E-state index contributed by atoms with van der Waals surface area (Å²) in [4.78, 5) is 19.5. The Labute approximate surface area is 204 Å². The van der Waals surface area contributed by atoms with Gasteiger partial charge in [-0.3, -0.25) is 4.79 Å². The molecule has 0 aliphatic rings. The summed E-state index contributed by atoms with van der Waals surface area (Å²) in [6.45, 7) is 8.72. The molecular formula is C25H33N7OS. The highest BCUT2D eigenvalue weighted by Gasteiger charge is 2.21. The molecular weight excluding hydrogens is 446 g/mol. The Morgan fingerprint density at radius 3 is 2.68 bits per heavy atom. The summed E-state index contributed by atoms with van der Waals surface area (Å²) in [7, 11) is 0. The van der Waals surface area contributed by atoms with E-state index in [2.05, 4.69) is 75.7 Å². The summed E-state index contributed by atoms with van der Waals surface area (Å²) in [5, 5.41) is 19.5. The van der Waals surface area contributed by atoms with Gasteiger partial charge in [-0.15, -0.1) is 21.5 Å². The number of amides is 1. The molecule has 1 unspecified atom stereocenters.